The van der Waals surface area contributed by atoms with Crippen LogP contribution in [0.3, 0.4) is 0 Å². The molecule has 6 amide bonds. The second-order valence-corrected chi connectivity index (χ2v) is 25.4. The number of carbonyl (C=O) groups is 11. The van der Waals surface area contributed by atoms with Gasteiger partial charge in [-0.1, -0.05) is 135 Å². The third-order valence-corrected chi connectivity index (χ3v) is 16.9. The normalized spacial score (nSPS) is 13.6. The summed E-state index contributed by atoms with van der Waals surface area (Å²) in [5.74, 6) is -12.4. The molecule has 3 rings (SSSR count). The van der Waals surface area contributed by atoms with E-state index in [0.717, 1.165) is 42.1 Å². The molecule has 0 aliphatic heterocycles. The lowest BCUT2D eigenvalue weighted by Crippen LogP contribution is -2.49. The fourth-order valence-electron chi connectivity index (χ4n) is 11.5. The number of carboxylic acid groups (broad SMARTS) is 1. The van der Waals surface area contributed by atoms with E-state index in [1.165, 1.54) is 63.5 Å². The minimum absolute atomic E-state index is 0.0486. The van der Waals surface area contributed by atoms with Crippen LogP contribution in [-0.4, -0.2) is 136 Å². The maximum atomic E-state index is 14.8. The minimum atomic E-state index is -1.47. The van der Waals surface area contributed by atoms with Gasteiger partial charge in [0.05, 0.1) is 43.7 Å². The van der Waals surface area contributed by atoms with Crippen LogP contribution in [-0.2, 0) is 65.6 Å². The SMILES string of the molecule is CCCCCCCCCCCCCCCC(=O)NCC(=O)C[C@@H](CO)C(=O)N[C@@H](CCC(=O)O)C(=O)C[C@@H](CCCCN)C(=O)N[C@@H](CCCCN)C(=O)C[C@@H](Cc1ccc(O)cc1)C(=O)N[C@@H](CC(C)C)C(=O)C[C@@H](Cc1c[nH]c2ccccc12)C(=O)NCC(N)=O. The smallest absolute Gasteiger partial charge is 0.303 e. The van der Waals surface area contributed by atoms with Crippen LogP contribution in [0.15, 0.2) is 54.7 Å². The number of benzene rings is 2. The molecule has 15 N–H and O–H groups in total. The second kappa shape index (κ2) is 45.8. The number of aliphatic hydroxyl groups excluding tert-OH is 1. The molecular weight excluding hydrogens is 1190 g/mol. The molecule has 1 aromatic heterocycles. The Morgan fingerprint density at radius 1 is 0.527 bits per heavy atom. The first-order valence-corrected chi connectivity index (χ1v) is 34.0. The Morgan fingerprint density at radius 3 is 1.61 bits per heavy atom. The largest absolute Gasteiger partial charge is 0.508 e. The van der Waals surface area contributed by atoms with E-state index in [1.54, 1.807) is 18.3 Å². The van der Waals surface area contributed by atoms with Crippen LogP contribution in [0.2, 0.25) is 0 Å². The molecule has 0 aliphatic carbocycles. The highest BCUT2D eigenvalue weighted by molar-refractivity contribution is 5.98. The Balaban J connectivity index is 1.79. The number of aromatic amines is 1. The van der Waals surface area contributed by atoms with Crippen molar-refractivity contribution in [2.45, 2.75) is 225 Å². The maximum Gasteiger partial charge on any atom is 0.303 e. The Bertz CT molecular complexity index is 2810. The topological polar surface area (TPSA) is 402 Å². The number of para-hydroxylation sites is 1. The molecule has 3 aromatic rings. The van der Waals surface area contributed by atoms with Gasteiger partial charge in [0, 0.05) is 73.4 Å². The Morgan fingerprint density at radius 2 is 1.04 bits per heavy atom. The fourth-order valence-corrected chi connectivity index (χ4v) is 11.5. The number of aliphatic carboxylic acids is 1. The highest BCUT2D eigenvalue weighted by Gasteiger charge is 2.36. The van der Waals surface area contributed by atoms with Gasteiger partial charge < -0.3 is 64.1 Å². The number of nitrogens with one attached hydrogen (secondary N) is 6. The van der Waals surface area contributed by atoms with E-state index >= 15 is 0 Å². The number of amides is 6. The predicted molar refractivity (Wildman–Crippen MR) is 357 cm³/mol. The van der Waals surface area contributed by atoms with Crippen molar-refractivity contribution in [3.8, 4) is 5.75 Å². The van der Waals surface area contributed by atoms with Gasteiger partial charge in [0.1, 0.15) is 5.75 Å². The number of phenols is 1. The highest BCUT2D eigenvalue weighted by atomic mass is 16.4. The molecule has 0 saturated heterocycles. The molecule has 93 heavy (non-hydrogen) atoms. The van der Waals surface area contributed by atoms with Gasteiger partial charge in [-0.3, -0.25) is 52.7 Å². The van der Waals surface area contributed by atoms with Gasteiger partial charge in [-0.25, -0.2) is 0 Å². The number of carboxylic acids is 1. The van der Waals surface area contributed by atoms with Crippen LogP contribution >= 0.6 is 0 Å². The van der Waals surface area contributed by atoms with Crippen LogP contribution in [0.5, 0.6) is 5.75 Å². The van der Waals surface area contributed by atoms with Gasteiger partial charge in [0.25, 0.3) is 0 Å². The molecule has 1 heterocycles. The summed E-state index contributed by atoms with van der Waals surface area (Å²) < 4.78 is 0. The number of hydrogen-bond acceptors (Lipinski definition) is 15. The zero-order valence-electron chi connectivity index (χ0n) is 55.4. The first-order chi connectivity index (χ1) is 44.6. The number of aromatic nitrogens is 1. The first kappa shape index (κ1) is 79.9. The van der Waals surface area contributed by atoms with E-state index < -0.39 is 146 Å². The van der Waals surface area contributed by atoms with E-state index in [4.69, 9.17) is 17.2 Å². The molecule has 23 heteroatoms. The lowest BCUT2D eigenvalue weighted by Gasteiger charge is -2.27. The average molecular weight is 1300 g/mol. The Hall–Kier alpha value is -7.37. The minimum Gasteiger partial charge on any atom is -0.508 e. The number of aliphatic hydroxyl groups is 1. The summed E-state index contributed by atoms with van der Waals surface area (Å²) in [5, 5.41) is 44.3. The van der Waals surface area contributed by atoms with E-state index in [-0.39, 0.29) is 82.2 Å². The van der Waals surface area contributed by atoms with E-state index in [9.17, 15) is 68.1 Å². The molecule has 518 valence electrons. The number of nitrogens with two attached hydrogens (primary N) is 3. The number of hydrogen-bond donors (Lipinski definition) is 12. The number of primary amides is 1. The fraction of sp³-hybridized carbons (Fsp3) is 0.643. The maximum absolute atomic E-state index is 14.8. The molecule has 0 unspecified atom stereocenters. The molecule has 7 atom stereocenters. The summed E-state index contributed by atoms with van der Waals surface area (Å²) in [6, 6.07) is 9.60. The lowest BCUT2D eigenvalue weighted by molar-refractivity contribution is -0.139. The summed E-state index contributed by atoms with van der Waals surface area (Å²) in [5.41, 5.74) is 19.2. The van der Waals surface area contributed by atoms with Crippen molar-refractivity contribution in [1.82, 2.24) is 31.6 Å². The van der Waals surface area contributed by atoms with Gasteiger partial charge in [-0.15, -0.1) is 0 Å². The van der Waals surface area contributed by atoms with Crippen molar-refractivity contribution in [2.24, 2.45) is 46.8 Å². The third kappa shape index (κ3) is 32.8. The van der Waals surface area contributed by atoms with E-state index in [2.05, 4.69) is 38.5 Å². The van der Waals surface area contributed by atoms with Crippen LogP contribution in [0, 0.1) is 29.6 Å². The standard InChI is InChI=1S/C70H109N9O14/c1-4-5-6-7-8-9-10-11-12-13-14-15-16-27-65(87)75-44-55(82)39-53(46-80)70(93)78-59(32-33-66(88)89)61(83)40-49(23-19-21-34-71)68(91)77-58(26-20-22-35-72)62(84)41-50(37-48-28-30-54(81)31-29-48)69(92)79-60(36-47(2)3)63(85)42-51(67(90)76-45-64(73)86)38-52-43-74-57-25-18-17-24-56(52)57/h17-18,24-25,28-31,43,47,49-51,53,58-60,74,80-81H,4-16,19-23,26-27,32-42,44-46,71-72H2,1-3H3,(H2,73,86)(H,75,87)(H,76,90)(H,77,91)(H,78,93)(H,79,92)(H,88,89)/t49-,50-,51-,53+,58+,59+,60+/m1/s1. The predicted octanol–water partition coefficient (Wildman–Crippen LogP) is 6.77. The third-order valence-electron chi connectivity index (χ3n) is 16.9. The van der Waals surface area contributed by atoms with Crippen LogP contribution in [0.1, 0.15) is 205 Å². The molecule has 0 fully saturated rings. The van der Waals surface area contributed by atoms with Gasteiger partial charge in [0.15, 0.2) is 23.1 Å². The van der Waals surface area contributed by atoms with Crippen molar-refractivity contribution in [3.05, 3.63) is 65.9 Å². The lowest BCUT2D eigenvalue weighted by atomic mass is 9.87. The van der Waals surface area contributed by atoms with Crippen molar-refractivity contribution in [3.63, 3.8) is 0 Å². The number of carbonyl (C=O) groups excluding carboxylic acids is 10. The Labute approximate surface area is 549 Å². The number of fused-ring (bicyclic) bond motifs is 1. The zero-order valence-corrected chi connectivity index (χ0v) is 55.4. The molecular formula is C70H109N9O14. The van der Waals surface area contributed by atoms with Crippen molar-refractivity contribution in [1.29, 1.82) is 0 Å². The summed E-state index contributed by atoms with van der Waals surface area (Å²) in [6.07, 6.45) is 16.2. The van der Waals surface area contributed by atoms with Gasteiger partial charge in [-0.2, -0.15) is 0 Å². The highest BCUT2D eigenvalue weighted by Crippen LogP contribution is 2.26. The molecule has 23 nitrogen and oxygen atoms in total. The molecule has 0 radical (unpaired) electrons. The number of H-pyrrole nitrogens is 1. The summed E-state index contributed by atoms with van der Waals surface area (Å²) >= 11 is 0. The van der Waals surface area contributed by atoms with Crippen molar-refractivity contribution in [2.75, 3.05) is 32.8 Å². The van der Waals surface area contributed by atoms with Crippen LogP contribution in [0.25, 0.3) is 10.9 Å². The number of Topliss-reactive ketones (excluding diaryl/α,β-unsaturated/α-hetero) is 4. The molecule has 0 aliphatic rings. The summed E-state index contributed by atoms with van der Waals surface area (Å²) in [7, 11) is 0. The second-order valence-electron chi connectivity index (χ2n) is 25.4. The van der Waals surface area contributed by atoms with Gasteiger partial charge in [-0.05, 0) is 113 Å². The molecule has 2 aromatic carbocycles. The molecule has 0 spiro atoms. The quantitative estimate of drug-likeness (QED) is 0.0259. The number of aromatic hydroxyl groups is 1. The number of ketones is 4. The number of phenolic OH excluding ortho intramolecular Hbond substituents is 1. The van der Waals surface area contributed by atoms with E-state index in [1.807, 2.05) is 38.1 Å². The molecule has 0 saturated carbocycles. The first-order valence-electron chi connectivity index (χ1n) is 34.0. The zero-order chi connectivity index (χ0) is 68.5. The monoisotopic (exact) mass is 1300 g/mol. The Kier molecular flexibility index (Phi) is 39.4. The summed E-state index contributed by atoms with van der Waals surface area (Å²) in [6.45, 7) is 4.77. The van der Waals surface area contributed by atoms with Gasteiger partial charge in [0.2, 0.25) is 35.4 Å². The van der Waals surface area contributed by atoms with Crippen molar-refractivity contribution < 1.29 is 68.1 Å². The summed E-state index contributed by atoms with van der Waals surface area (Å²) in [4.78, 5) is 153. The van der Waals surface area contributed by atoms with Crippen LogP contribution < -0.4 is 43.8 Å². The van der Waals surface area contributed by atoms with Gasteiger partial charge >= 0.3 is 5.97 Å². The number of unbranched alkanes of at least 4 members (excludes halogenated alkanes) is 14. The number of rotatable bonds is 54. The van der Waals surface area contributed by atoms with Crippen molar-refractivity contribution >= 4 is 75.4 Å². The van der Waals surface area contributed by atoms with Crippen LogP contribution in [0.4, 0.5) is 0 Å². The molecule has 0 bridgehead atoms. The van der Waals surface area contributed by atoms with E-state index in [0.29, 0.717) is 37.7 Å². The average Bonchev–Trinajstić information content (AvgIpc) is 2.69.